The van der Waals surface area contributed by atoms with E-state index in [0.29, 0.717) is 10.8 Å². The molecule has 0 heterocycles. The molecular weight excluding hydrogens is 1030 g/mol. The van der Waals surface area contributed by atoms with E-state index in [0.717, 1.165) is 28.6 Å². The molecule has 73 heavy (non-hydrogen) atoms. The summed E-state index contributed by atoms with van der Waals surface area (Å²) in [5.74, 6) is 2.59. The summed E-state index contributed by atoms with van der Waals surface area (Å²) in [5.41, 5.74) is 2.42. The summed E-state index contributed by atoms with van der Waals surface area (Å²) in [4.78, 5) is 0. The van der Waals surface area contributed by atoms with Crippen molar-refractivity contribution in [1.29, 1.82) is 0 Å². The number of hydrogen-bond acceptors (Lipinski definition) is 2. The van der Waals surface area contributed by atoms with Gasteiger partial charge in [-0.25, -0.2) is 0 Å². The molecule has 0 aliphatic heterocycles. The third-order valence-corrected chi connectivity index (χ3v) is 35.0. The molecule has 0 radical (unpaired) electrons. The molecule has 0 saturated heterocycles. The number of hydrogen-bond donors (Lipinski definition) is 0. The van der Waals surface area contributed by atoms with E-state index in [1.807, 2.05) is 0 Å². The molecule has 0 atom stereocenters. The van der Waals surface area contributed by atoms with E-state index >= 15 is 0 Å². The van der Waals surface area contributed by atoms with Gasteiger partial charge >= 0.3 is 0 Å². The van der Waals surface area contributed by atoms with E-state index in [1.165, 1.54) is 88.0 Å². The Kier molecular flexibility index (Phi) is 39.4. The molecule has 2 saturated carbocycles. The van der Waals surface area contributed by atoms with Crippen LogP contribution in [0.25, 0.3) is 0 Å². The minimum atomic E-state index is -1.41. The van der Waals surface area contributed by atoms with E-state index in [-0.39, 0.29) is 0 Å². The fraction of sp³-hybridized carbons (Fsp3) is 1.00. The van der Waals surface area contributed by atoms with Crippen LogP contribution >= 0.6 is 0 Å². The molecule has 11 heteroatoms. The van der Waals surface area contributed by atoms with Gasteiger partial charge in [-0.15, -0.1) is 0 Å². The lowest BCUT2D eigenvalue weighted by atomic mass is 9.77. The topological polar surface area (TPSA) is 18.5 Å². The van der Waals surface area contributed by atoms with E-state index in [1.54, 1.807) is 12.1 Å². The standard InChI is InChI=1S/C11H24Si.C10H26OSi2.C10H22Si.C9H24OSi2.C8H20Si.2C7H18Si/c1-11(10-12(2,3)4)8-6-5-7-9-11;1-10(2,3)9-13(7,8)11-12(4,5)6;1-10(7-5-6-8-10)9-11(2,3)4;1-9(2)8-12(6,7)10-11(3,4)5;1-8(2,3)7-9(4,5)6;2*1-7(2)6-8(3,4)5/h5-10H2,1-4H3;9H2,1-8H3;5-9H2,1-4H3;9H,8H2,1-7H3;7H2,1-6H3;2*7H,6H2,1-5H3. The quantitative estimate of drug-likeness (QED) is 0.143. The average Bonchev–Trinajstić information content (AvgIpc) is 3.37. The molecule has 0 aromatic carbocycles. The molecular formula is C62H152O2Si9. The maximum atomic E-state index is 6.28. The number of rotatable bonds is 16. The zero-order valence-electron chi connectivity index (χ0n) is 59.4. The average molecular weight is 1180 g/mol. The van der Waals surface area contributed by atoms with Crippen LogP contribution in [0.1, 0.15) is 155 Å². The largest absolute Gasteiger partial charge is 0.456 e. The second-order valence-corrected chi connectivity index (χ2v) is 83.1. The molecule has 0 amide bonds. The minimum absolute atomic E-state index is 0.412. The molecule has 2 aliphatic carbocycles. The highest BCUT2D eigenvalue weighted by molar-refractivity contribution is 6.85. The zero-order valence-corrected chi connectivity index (χ0v) is 68.4. The van der Waals surface area contributed by atoms with Gasteiger partial charge in [-0.05, 0) is 143 Å². The van der Waals surface area contributed by atoms with Gasteiger partial charge in [0.1, 0.15) is 0 Å². The normalized spacial score (nSPS) is 17.0. The molecule has 0 bridgehead atoms. The van der Waals surface area contributed by atoms with Crippen LogP contribution in [0.5, 0.6) is 0 Å². The van der Waals surface area contributed by atoms with Gasteiger partial charge in [0.05, 0.1) is 0 Å². The lowest BCUT2D eigenvalue weighted by Crippen LogP contribution is -2.44. The Hall–Kier alpha value is 1.87. The summed E-state index contributed by atoms with van der Waals surface area (Å²) in [6.07, 6.45) is 13.4. The summed E-state index contributed by atoms with van der Waals surface area (Å²) >= 11 is 0. The van der Waals surface area contributed by atoms with Crippen molar-refractivity contribution in [2.24, 2.45) is 39.4 Å². The second-order valence-electron chi connectivity index (χ2n) is 37.8. The van der Waals surface area contributed by atoms with Crippen molar-refractivity contribution in [3.63, 3.8) is 0 Å². The molecule has 448 valence electrons. The summed E-state index contributed by atoms with van der Waals surface area (Å²) in [5, 5.41) is 0. The monoisotopic (exact) mass is 1180 g/mol. The van der Waals surface area contributed by atoms with Crippen molar-refractivity contribution >= 4 is 73.6 Å². The van der Waals surface area contributed by atoms with Crippen LogP contribution in [0.2, 0.25) is 206 Å². The molecule has 0 N–H and O–H groups in total. The van der Waals surface area contributed by atoms with E-state index in [9.17, 15) is 0 Å². The fourth-order valence-electron chi connectivity index (χ4n) is 13.6. The van der Waals surface area contributed by atoms with Gasteiger partial charge in [-0.3, -0.25) is 0 Å². The zero-order chi connectivity index (χ0) is 60.0. The minimum Gasteiger partial charge on any atom is -0.456 e. The maximum absolute atomic E-state index is 6.28. The van der Waals surface area contributed by atoms with Gasteiger partial charge in [-0.1, -0.05) is 257 Å². The van der Waals surface area contributed by atoms with Gasteiger partial charge in [0.2, 0.25) is 0 Å². The van der Waals surface area contributed by atoms with Crippen LogP contribution in [-0.2, 0) is 8.23 Å². The van der Waals surface area contributed by atoms with Crippen LogP contribution < -0.4 is 0 Å². The Bertz CT molecular complexity index is 1300. The highest BCUT2D eigenvalue weighted by atomic mass is 28.4. The third kappa shape index (κ3) is 73.9. The van der Waals surface area contributed by atoms with Crippen LogP contribution in [0.15, 0.2) is 0 Å². The van der Waals surface area contributed by atoms with Crippen LogP contribution in [0, 0.1) is 39.4 Å². The summed E-state index contributed by atoms with van der Waals surface area (Å²) in [6, 6.07) is 9.99. The van der Waals surface area contributed by atoms with Gasteiger partial charge in [0.25, 0.3) is 0 Å². The van der Waals surface area contributed by atoms with Gasteiger partial charge in [-0.2, -0.15) is 0 Å². The van der Waals surface area contributed by atoms with Crippen molar-refractivity contribution in [1.82, 2.24) is 0 Å². The highest BCUT2D eigenvalue weighted by Crippen LogP contribution is 2.44. The van der Waals surface area contributed by atoms with E-state index < -0.39 is 73.6 Å². The lowest BCUT2D eigenvalue weighted by molar-refractivity contribution is 0.242. The third-order valence-electron chi connectivity index (χ3n) is 11.9. The second kappa shape index (κ2) is 34.3. The van der Waals surface area contributed by atoms with Gasteiger partial charge < -0.3 is 8.23 Å². The Morgan fingerprint density at radius 3 is 0.740 bits per heavy atom. The highest BCUT2D eigenvalue weighted by Gasteiger charge is 2.35. The van der Waals surface area contributed by atoms with Crippen molar-refractivity contribution < 1.29 is 8.23 Å². The maximum Gasteiger partial charge on any atom is 0.173 e. The Morgan fingerprint density at radius 2 is 0.575 bits per heavy atom. The van der Waals surface area contributed by atoms with Crippen molar-refractivity contribution in [2.45, 2.75) is 361 Å². The van der Waals surface area contributed by atoms with Gasteiger partial charge in [0.15, 0.2) is 33.3 Å². The smallest absolute Gasteiger partial charge is 0.173 e. The Morgan fingerprint density at radius 1 is 0.329 bits per heavy atom. The molecule has 0 aromatic rings. The Labute approximate surface area is 478 Å². The molecule has 2 rings (SSSR count). The fourth-order valence-corrected chi connectivity index (χ4v) is 45.9. The van der Waals surface area contributed by atoms with Crippen molar-refractivity contribution in [2.75, 3.05) is 0 Å². The van der Waals surface area contributed by atoms with Crippen molar-refractivity contribution in [3.05, 3.63) is 0 Å². The molecule has 0 aromatic heterocycles. The summed E-state index contributed by atoms with van der Waals surface area (Å²) in [6.45, 7) is 92.6. The predicted molar refractivity (Wildman–Crippen MR) is 375 cm³/mol. The first kappa shape index (κ1) is 83.7. The van der Waals surface area contributed by atoms with Crippen LogP contribution in [0.4, 0.5) is 0 Å². The first-order chi connectivity index (χ1) is 31.4. The van der Waals surface area contributed by atoms with Crippen LogP contribution in [0.3, 0.4) is 0 Å². The van der Waals surface area contributed by atoms with E-state index in [2.05, 4.69) is 261 Å². The lowest BCUT2D eigenvalue weighted by Gasteiger charge is -2.38. The SMILES string of the molecule is CC(C)(C)C[Si](C)(C)C.CC(C)(C)C[Si](C)(C)O[Si](C)(C)C.CC(C)C[Si](C)(C)C.CC(C)C[Si](C)(C)C.CC(C)C[Si](C)(C)O[Si](C)(C)C.CC1(C[Si](C)(C)C)CCCC1.CC1(C[Si](C)(C)C)CCCCC1. The first-order valence-corrected chi connectivity index (χ1v) is 62.4. The van der Waals surface area contributed by atoms with Crippen molar-refractivity contribution in [3.8, 4) is 0 Å². The first-order valence-electron chi connectivity index (χ1n) is 30.8. The summed E-state index contributed by atoms with van der Waals surface area (Å²) < 4.78 is 12.5. The van der Waals surface area contributed by atoms with Crippen LogP contribution in [-0.4, -0.2) is 73.6 Å². The summed E-state index contributed by atoms with van der Waals surface area (Å²) in [7, 11) is -9.23. The molecule has 2 fully saturated rings. The van der Waals surface area contributed by atoms with E-state index in [4.69, 9.17) is 8.23 Å². The van der Waals surface area contributed by atoms with Gasteiger partial charge in [0, 0.05) is 40.4 Å². The molecule has 0 spiro atoms. The predicted octanol–water partition coefficient (Wildman–Crippen LogP) is 25.3. The molecule has 2 nitrogen and oxygen atoms in total. The Balaban J connectivity index is -0.000000248. The molecule has 0 unspecified atom stereocenters. The molecule has 2 aliphatic rings.